The lowest BCUT2D eigenvalue weighted by atomic mass is 9.91. The smallest absolute Gasteiger partial charge is 0.422 e. The molecule has 1 aliphatic rings. The van der Waals surface area contributed by atoms with Gasteiger partial charge in [0.1, 0.15) is 12.0 Å². The van der Waals surface area contributed by atoms with E-state index in [1.165, 1.54) is 19.4 Å². The lowest BCUT2D eigenvalue weighted by Crippen LogP contribution is -2.26. The maximum atomic E-state index is 12.9. The van der Waals surface area contributed by atoms with E-state index in [-0.39, 0.29) is 34.4 Å². The Kier molecular flexibility index (Phi) is 7.07. The van der Waals surface area contributed by atoms with Crippen LogP contribution in [0.3, 0.4) is 0 Å². The molecule has 0 fully saturated rings. The highest BCUT2D eigenvalue weighted by Gasteiger charge is 2.38. The van der Waals surface area contributed by atoms with E-state index in [0.29, 0.717) is 12.5 Å². The fourth-order valence-electron chi connectivity index (χ4n) is 3.91. The topological polar surface area (TPSA) is 130 Å². The van der Waals surface area contributed by atoms with Crippen molar-refractivity contribution in [3.63, 3.8) is 0 Å². The molecule has 0 unspecified atom stereocenters. The molecule has 0 radical (unpaired) electrons. The number of nitrogens with zero attached hydrogens (tertiary/aromatic N) is 6. The van der Waals surface area contributed by atoms with Crippen LogP contribution in [0, 0.1) is 6.92 Å². The van der Waals surface area contributed by atoms with E-state index in [2.05, 4.69) is 61.3 Å². The van der Waals surface area contributed by atoms with Gasteiger partial charge in [0.25, 0.3) is 0 Å². The standard InChI is InChI=1S/C24H26F3N9O2/c1-6-17(37)32-14-9-15(20(34-19(14)28-5)38-11-24(25,26)27)33-21-29-12-30-22(35-21)36-10-23(3,4)18-16(36)8-7-13(2)31-18/h6-9,12H,1,10-11H2,2-5H3,(H,28,34)(H,32,37)(H,29,30,33,35). The normalized spacial score (nSPS) is 14.0. The summed E-state index contributed by atoms with van der Waals surface area (Å²) in [6.45, 7) is 8.43. The molecule has 4 heterocycles. The van der Waals surface area contributed by atoms with Crippen LogP contribution >= 0.6 is 0 Å². The van der Waals surface area contributed by atoms with Gasteiger partial charge in [0, 0.05) is 24.7 Å². The molecule has 0 saturated carbocycles. The third-order valence-electron chi connectivity index (χ3n) is 5.59. The number of aromatic nitrogens is 5. The molecule has 3 aromatic heterocycles. The summed E-state index contributed by atoms with van der Waals surface area (Å²) in [7, 11) is 1.50. The maximum absolute atomic E-state index is 12.9. The fourth-order valence-corrected chi connectivity index (χ4v) is 3.91. The zero-order valence-corrected chi connectivity index (χ0v) is 21.1. The average Bonchev–Trinajstić information content (AvgIpc) is 3.13. The van der Waals surface area contributed by atoms with E-state index >= 15 is 0 Å². The van der Waals surface area contributed by atoms with Crippen molar-refractivity contribution in [2.75, 3.05) is 41.0 Å². The first kappa shape index (κ1) is 26.6. The molecule has 38 heavy (non-hydrogen) atoms. The van der Waals surface area contributed by atoms with E-state index in [9.17, 15) is 18.0 Å². The molecule has 0 spiro atoms. The largest absolute Gasteiger partial charge is 0.466 e. The quantitative estimate of drug-likeness (QED) is 0.364. The highest BCUT2D eigenvalue weighted by Crippen LogP contribution is 2.42. The summed E-state index contributed by atoms with van der Waals surface area (Å²) in [5.41, 5.74) is 2.53. The van der Waals surface area contributed by atoms with Crippen molar-refractivity contribution in [3.8, 4) is 5.88 Å². The number of pyridine rings is 2. The minimum Gasteiger partial charge on any atom is -0.466 e. The SMILES string of the molecule is C=CC(=O)Nc1cc(Nc2ncnc(N3CC(C)(C)c4nc(C)ccc43)n2)c(OCC(F)(F)F)nc1NC. The van der Waals surface area contributed by atoms with Gasteiger partial charge in [-0.05, 0) is 31.2 Å². The summed E-state index contributed by atoms with van der Waals surface area (Å²) in [5.74, 6) is -0.494. The summed E-state index contributed by atoms with van der Waals surface area (Å²) in [4.78, 5) is 35.5. The molecule has 200 valence electrons. The second-order valence-electron chi connectivity index (χ2n) is 9.11. The molecule has 14 heteroatoms. The summed E-state index contributed by atoms with van der Waals surface area (Å²) in [6.07, 6.45) is -2.27. The van der Waals surface area contributed by atoms with Crippen LogP contribution in [0.1, 0.15) is 25.2 Å². The van der Waals surface area contributed by atoms with Crippen molar-refractivity contribution in [3.05, 3.63) is 48.6 Å². The van der Waals surface area contributed by atoms with Crippen molar-refractivity contribution >= 4 is 40.7 Å². The first-order chi connectivity index (χ1) is 17.9. The van der Waals surface area contributed by atoms with Crippen LogP contribution in [0.5, 0.6) is 5.88 Å². The van der Waals surface area contributed by atoms with Gasteiger partial charge < -0.3 is 25.6 Å². The summed E-state index contributed by atoms with van der Waals surface area (Å²) < 4.78 is 43.7. The monoisotopic (exact) mass is 529 g/mol. The number of alkyl halides is 3. The van der Waals surface area contributed by atoms with Crippen molar-refractivity contribution in [2.24, 2.45) is 0 Å². The minimum atomic E-state index is -4.60. The Bertz CT molecular complexity index is 1380. The zero-order chi connectivity index (χ0) is 27.7. The van der Waals surface area contributed by atoms with Gasteiger partial charge in [-0.25, -0.2) is 9.97 Å². The Morgan fingerprint density at radius 2 is 1.97 bits per heavy atom. The Hall–Kier alpha value is -4.49. The van der Waals surface area contributed by atoms with Gasteiger partial charge >= 0.3 is 6.18 Å². The molecule has 0 aliphatic carbocycles. The number of carbonyl (C=O) groups is 1. The minimum absolute atomic E-state index is 0.00999. The van der Waals surface area contributed by atoms with Crippen molar-refractivity contribution in [1.82, 2.24) is 24.9 Å². The Balaban J connectivity index is 1.70. The third kappa shape index (κ3) is 5.74. The molecule has 0 atom stereocenters. The van der Waals surface area contributed by atoms with Crippen LogP contribution in [0.4, 0.5) is 47.9 Å². The third-order valence-corrected chi connectivity index (χ3v) is 5.59. The lowest BCUT2D eigenvalue weighted by Gasteiger charge is -2.20. The second kappa shape index (κ2) is 10.1. The van der Waals surface area contributed by atoms with E-state index in [0.717, 1.165) is 23.2 Å². The van der Waals surface area contributed by atoms with Crippen LogP contribution < -0.4 is 25.6 Å². The highest BCUT2D eigenvalue weighted by atomic mass is 19.4. The van der Waals surface area contributed by atoms with Crippen LogP contribution in [0.2, 0.25) is 0 Å². The number of hydrogen-bond acceptors (Lipinski definition) is 10. The Morgan fingerprint density at radius 3 is 2.66 bits per heavy atom. The van der Waals surface area contributed by atoms with E-state index in [1.807, 2.05) is 24.0 Å². The zero-order valence-electron chi connectivity index (χ0n) is 21.1. The number of halogens is 3. The van der Waals surface area contributed by atoms with E-state index < -0.39 is 18.7 Å². The number of aryl methyl sites for hydroxylation is 1. The number of nitrogens with one attached hydrogen (secondary N) is 3. The van der Waals surface area contributed by atoms with Gasteiger partial charge in [0.15, 0.2) is 12.4 Å². The molecular formula is C24H26F3N9O2. The molecule has 1 amide bonds. The number of fused-ring (bicyclic) bond motifs is 1. The van der Waals surface area contributed by atoms with Crippen molar-refractivity contribution < 1.29 is 22.7 Å². The van der Waals surface area contributed by atoms with Gasteiger partial charge in [-0.3, -0.25) is 9.78 Å². The van der Waals surface area contributed by atoms with E-state index in [1.54, 1.807) is 0 Å². The molecule has 0 saturated heterocycles. The Morgan fingerprint density at radius 1 is 1.21 bits per heavy atom. The van der Waals surface area contributed by atoms with Crippen LogP contribution in [0.15, 0.2) is 37.2 Å². The second-order valence-corrected chi connectivity index (χ2v) is 9.11. The Labute approximate surface area is 216 Å². The number of carbonyl (C=O) groups excluding carboxylic acids is 1. The van der Waals surface area contributed by atoms with Crippen molar-refractivity contribution in [2.45, 2.75) is 32.4 Å². The first-order valence-electron chi connectivity index (χ1n) is 11.5. The molecule has 0 bridgehead atoms. The van der Waals surface area contributed by atoms with Gasteiger partial charge in [-0.15, -0.1) is 0 Å². The van der Waals surface area contributed by atoms with Gasteiger partial charge in [0.2, 0.25) is 23.7 Å². The number of amides is 1. The van der Waals surface area contributed by atoms with Crippen molar-refractivity contribution in [1.29, 1.82) is 0 Å². The van der Waals surface area contributed by atoms with Gasteiger partial charge in [-0.1, -0.05) is 20.4 Å². The van der Waals surface area contributed by atoms with Gasteiger partial charge in [-0.2, -0.15) is 23.1 Å². The van der Waals surface area contributed by atoms with Crippen LogP contribution in [-0.4, -0.2) is 57.2 Å². The lowest BCUT2D eigenvalue weighted by molar-refractivity contribution is -0.153. The number of hydrogen-bond donors (Lipinski definition) is 3. The highest BCUT2D eigenvalue weighted by molar-refractivity contribution is 6.01. The molecular weight excluding hydrogens is 503 g/mol. The fraction of sp³-hybridized carbons (Fsp3) is 0.333. The number of ether oxygens (including phenoxy) is 1. The number of anilines is 6. The molecule has 1 aliphatic heterocycles. The molecule has 0 aromatic carbocycles. The molecule has 3 aromatic rings. The average molecular weight is 530 g/mol. The molecule has 3 N–H and O–H groups in total. The number of rotatable bonds is 8. The van der Waals surface area contributed by atoms with Crippen LogP contribution in [-0.2, 0) is 10.2 Å². The van der Waals surface area contributed by atoms with Crippen LogP contribution in [0.25, 0.3) is 0 Å². The first-order valence-corrected chi connectivity index (χ1v) is 11.5. The predicted octanol–water partition coefficient (Wildman–Crippen LogP) is 4.25. The predicted molar refractivity (Wildman–Crippen MR) is 136 cm³/mol. The summed E-state index contributed by atoms with van der Waals surface area (Å²) in [6, 6.07) is 5.20. The molecule has 4 rings (SSSR count). The summed E-state index contributed by atoms with van der Waals surface area (Å²) in [5, 5.41) is 8.11. The molecule has 11 nitrogen and oxygen atoms in total. The van der Waals surface area contributed by atoms with Gasteiger partial charge in [0.05, 0.1) is 17.1 Å². The summed E-state index contributed by atoms with van der Waals surface area (Å²) >= 11 is 0. The maximum Gasteiger partial charge on any atom is 0.422 e. The van der Waals surface area contributed by atoms with E-state index in [4.69, 9.17) is 4.74 Å².